The molecule has 0 bridgehead atoms. The summed E-state index contributed by atoms with van der Waals surface area (Å²) in [7, 11) is 0. The van der Waals surface area contributed by atoms with Gasteiger partial charge in [0.25, 0.3) is 11.8 Å². The summed E-state index contributed by atoms with van der Waals surface area (Å²) in [5, 5.41) is 0. The van der Waals surface area contributed by atoms with Crippen LogP contribution in [0.15, 0.2) is 66.7 Å². The highest BCUT2D eigenvalue weighted by Gasteiger charge is 2.59. The fraction of sp³-hybridized carbons (Fsp3) is 0.167. The summed E-state index contributed by atoms with van der Waals surface area (Å²) in [6.07, 6.45) is 0. The third kappa shape index (κ3) is 3.09. The maximum Gasteiger partial charge on any atom is 0.268 e. The van der Waals surface area contributed by atoms with E-state index in [1.165, 1.54) is 45.8 Å². The van der Waals surface area contributed by atoms with Crippen LogP contribution in [0.25, 0.3) is 0 Å². The van der Waals surface area contributed by atoms with E-state index in [-0.39, 0.29) is 23.6 Å². The first-order valence-electron chi connectivity index (χ1n) is 9.99. The van der Waals surface area contributed by atoms with Gasteiger partial charge in [0, 0.05) is 35.1 Å². The molecular weight excluding hydrogens is 437 g/mol. The average molecular weight is 454 g/mol. The quantitative estimate of drug-likeness (QED) is 0.577. The molecule has 1 unspecified atom stereocenters. The lowest BCUT2D eigenvalue weighted by Gasteiger charge is -2.33. The number of benzene rings is 3. The number of para-hydroxylation sites is 1. The van der Waals surface area contributed by atoms with E-state index in [0.717, 1.165) is 18.2 Å². The third-order valence-electron chi connectivity index (χ3n) is 5.76. The molecule has 1 atom stereocenters. The summed E-state index contributed by atoms with van der Waals surface area (Å²) >= 11 is 1.33. The Morgan fingerprint density at radius 1 is 0.969 bits per heavy atom. The van der Waals surface area contributed by atoms with E-state index in [9.17, 15) is 22.8 Å². The molecule has 2 aliphatic heterocycles. The van der Waals surface area contributed by atoms with Crippen molar-refractivity contribution in [3.63, 3.8) is 0 Å². The molecule has 2 heterocycles. The van der Waals surface area contributed by atoms with E-state index < -0.39 is 28.2 Å². The van der Waals surface area contributed by atoms with Crippen LogP contribution in [-0.4, -0.2) is 29.0 Å². The molecule has 2 aliphatic rings. The Morgan fingerprint density at radius 2 is 1.75 bits per heavy atom. The predicted molar refractivity (Wildman–Crippen MR) is 116 cm³/mol. The molecule has 1 saturated heterocycles. The van der Waals surface area contributed by atoms with Gasteiger partial charge in [0.15, 0.2) is 4.87 Å². The number of hydrogen-bond donors (Lipinski definition) is 0. The lowest BCUT2D eigenvalue weighted by molar-refractivity contribution is -0.123. The predicted octanol–water partition coefficient (Wildman–Crippen LogP) is 4.69. The van der Waals surface area contributed by atoms with Gasteiger partial charge in [-0.05, 0) is 30.3 Å². The molecule has 0 N–H and O–H groups in total. The molecule has 3 aromatic carbocycles. The van der Waals surface area contributed by atoms with E-state index in [4.69, 9.17) is 0 Å². The van der Waals surface area contributed by atoms with Crippen LogP contribution >= 0.6 is 11.8 Å². The van der Waals surface area contributed by atoms with Crippen LogP contribution in [0, 0.1) is 17.5 Å². The molecule has 8 heteroatoms. The zero-order chi connectivity index (χ0) is 22.5. The number of rotatable bonds is 3. The van der Waals surface area contributed by atoms with Crippen molar-refractivity contribution in [1.82, 2.24) is 4.90 Å². The van der Waals surface area contributed by atoms with Gasteiger partial charge in [0.2, 0.25) is 0 Å². The molecule has 5 rings (SSSR count). The van der Waals surface area contributed by atoms with Crippen molar-refractivity contribution < 1.29 is 22.8 Å². The Bertz CT molecular complexity index is 1250. The van der Waals surface area contributed by atoms with Gasteiger partial charge in [-0.1, -0.05) is 30.3 Å². The Balaban J connectivity index is 1.58. The van der Waals surface area contributed by atoms with Crippen LogP contribution in [0.3, 0.4) is 0 Å². The van der Waals surface area contributed by atoms with Crippen LogP contribution in [0.2, 0.25) is 0 Å². The van der Waals surface area contributed by atoms with Gasteiger partial charge in [-0.2, -0.15) is 0 Å². The van der Waals surface area contributed by atoms with Crippen molar-refractivity contribution in [2.24, 2.45) is 0 Å². The lowest BCUT2D eigenvalue weighted by atomic mass is 10.0. The number of carbonyl (C=O) groups excluding carboxylic acids is 2. The number of fused-ring (bicyclic) bond motifs is 2. The van der Waals surface area contributed by atoms with E-state index in [1.807, 2.05) is 0 Å². The lowest BCUT2D eigenvalue weighted by Crippen LogP contribution is -2.50. The van der Waals surface area contributed by atoms with Crippen molar-refractivity contribution in [2.75, 3.05) is 17.2 Å². The highest BCUT2D eigenvalue weighted by atomic mass is 32.2. The van der Waals surface area contributed by atoms with Crippen molar-refractivity contribution in [1.29, 1.82) is 0 Å². The minimum absolute atomic E-state index is 0.105. The van der Waals surface area contributed by atoms with Crippen molar-refractivity contribution >= 4 is 29.3 Å². The molecular formula is C24H17F3N2O2S. The first-order valence-corrected chi connectivity index (χ1v) is 11.0. The molecule has 1 spiro atoms. The van der Waals surface area contributed by atoms with Crippen LogP contribution in [0.5, 0.6) is 0 Å². The fourth-order valence-electron chi connectivity index (χ4n) is 4.32. The summed E-state index contributed by atoms with van der Waals surface area (Å²) in [5.41, 5.74) is 1.50. The zero-order valence-corrected chi connectivity index (χ0v) is 17.5. The monoisotopic (exact) mass is 454 g/mol. The van der Waals surface area contributed by atoms with Crippen LogP contribution in [-0.2, 0) is 16.2 Å². The second kappa shape index (κ2) is 7.70. The SMILES string of the molecule is O=C(c1cccc(F)c1)N1CCSC12C(=O)N(Cc1ccc(F)cc1F)c1ccccc12. The highest BCUT2D eigenvalue weighted by Crippen LogP contribution is 2.54. The maximum atomic E-state index is 14.4. The van der Waals surface area contributed by atoms with Crippen molar-refractivity contribution in [2.45, 2.75) is 11.4 Å². The van der Waals surface area contributed by atoms with Gasteiger partial charge in [0.05, 0.1) is 12.2 Å². The number of nitrogens with zero attached hydrogens (tertiary/aromatic N) is 2. The van der Waals surface area contributed by atoms with Gasteiger partial charge in [-0.15, -0.1) is 11.8 Å². The van der Waals surface area contributed by atoms with Gasteiger partial charge in [-0.25, -0.2) is 13.2 Å². The molecule has 0 aromatic heterocycles. The molecule has 3 aromatic rings. The van der Waals surface area contributed by atoms with Crippen LogP contribution in [0.1, 0.15) is 21.5 Å². The van der Waals surface area contributed by atoms with Gasteiger partial charge < -0.3 is 9.80 Å². The third-order valence-corrected chi connectivity index (χ3v) is 7.18. The number of thioether (sulfide) groups is 1. The molecule has 2 amide bonds. The first-order chi connectivity index (χ1) is 15.4. The number of anilines is 1. The van der Waals surface area contributed by atoms with Crippen molar-refractivity contribution in [3.05, 3.63) is 101 Å². The fourth-order valence-corrected chi connectivity index (χ4v) is 5.78. The van der Waals surface area contributed by atoms with E-state index in [0.29, 0.717) is 23.5 Å². The molecule has 32 heavy (non-hydrogen) atoms. The molecule has 0 radical (unpaired) electrons. The van der Waals surface area contributed by atoms with Gasteiger partial charge in [-0.3, -0.25) is 9.59 Å². The summed E-state index contributed by atoms with van der Waals surface area (Å²) in [5.74, 6) is -2.30. The molecule has 162 valence electrons. The Morgan fingerprint density at radius 3 is 2.53 bits per heavy atom. The van der Waals surface area contributed by atoms with Crippen LogP contribution in [0.4, 0.5) is 18.9 Å². The zero-order valence-electron chi connectivity index (χ0n) is 16.7. The van der Waals surface area contributed by atoms with Crippen LogP contribution < -0.4 is 4.90 Å². The van der Waals surface area contributed by atoms with Gasteiger partial charge >= 0.3 is 0 Å². The highest BCUT2D eigenvalue weighted by molar-refractivity contribution is 8.01. The molecule has 4 nitrogen and oxygen atoms in total. The number of hydrogen-bond acceptors (Lipinski definition) is 3. The largest absolute Gasteiger partial charge is 0.311 e. The Hall–Kier alpha value is -3.26. The van der Waals surface area contributed by atoms with Crippen molar-refractivity contribution in [3.8, 4) is 0 Å². The Kier molecular flexibility index (Phi) is 4.97. The number of carbonyl (C=O) groups is 2. The van der Waals surface area contributed by atoms with E-state index in [1.54, 1.807) is 24.3 Å². The minimum Gasteiger partial charge on any atom is -0.311 e. The molecule has 0 saturated carbocycles. The second-order valence-electron chi connectivity index (χ2n) is 7.60. The average Bonchev–Trinajstić information content (AvgIpc) is 3.32. The van der Waals surface area contributed by atoms with E-state index >= 15 is 0 Å². The summed E-state index contributed by atoms with van der Waals surface area (Å²) in [6.45, 7) is 0.200. The first kappa shape index (κ1) is 20.6. The number of amides is 2. The number of halogens is 3. The van der Waals surface area contributed by atoms with Gasteiger partial charge in [0.1, 0.15) is 17.5 Å². The second-order valence-corrected chi connectivity index (χ2v) is 8.89. The Labute approximate surface area is 186 Å². The smallest absolute Gasteiger partial charge is 0.268 e. The summed E-state index contributed by atoms with van der Waals surface area (Å²) in [6, 6.07) is 15.7. The summed E-state index contributed by atoms with van der Waals surface area (Å²) in [4.78, 5) is 28.7. The topological polar surface area (TPSA) is 40.6 Å². The molecule has 1 fully saturated rings. The normalized spacial score (nSPS) is 19.7. The summed E-state index contributed by atoms with van der Waals surface area (Å²) < 4.78 is 41.5. The standard InChI is InChI=1S/C24H17F3N2O2S/c25-17-5-3-4-15(12-17)22(30)29-10-11-32-24(29)19-6-1-2-7-21(19)28(23(24)31)14-16-8-9-18(26)13-20(16)27/h1-9,12-13H,10-11,14H2. The maximum absolute atomic E-state index is 14.4. The molecule has 0 aliphatic carbocycles. The minimum atomic E-state index is -1.32. The van der Waals surface area contributed by atoms with E-state index in [2.05, 4.69) is 0 Å².